The first-order chi connectivity index (χ1) is 12.6. The average Bonchev–Trinajstić information content (AvgIpc) is 2.66. The number of amides is 2. The predicted molar refractivity (Wildman–Crippen MR) is 102 cm³/mol. The van der Waals surface area contributed by atoms with Gasteiger partial charge in [0.2, 0.25) is 0 Å². The van der Waals surface area contributed by atoms with Gasteiger partial charge in [0.15, 0.2) is 0 Å². The lowest BCUT2D eigenvalue weighted by Crippen LogP contribution is -2.29. The molecule has 0 aliphatic carbocycles. The van der Waals surface area contributed by atoms with Crippen LogP contribution in [0.4, 0.5) is 14.9 Å². The Balaban J connectivity index is 1.88. The molecule has 6 heteroatoms. The van der Waals surface area contributed by atoms with Crippen LogP contribution in [0.1, 0.15) is 19.4 Å². The number of rotatable bonds is 9. The van der Waals surface area contributed by atoms with Gasteiger partial charge in [-0.2, -0.15) is 0 Å². The highest BCUT2D eigenvalue weighted by Crippen LogP contribution is 2.23. The third-order valence-electron chi connectivity index (χ3n) is 4.09. The molecule has 0 saturated heterocycles. The number of hydrogen-bond acceptors (Lipinski definition) is 3. The molecule has 2 amide bonds. The maximum atomic E-state index is 13.6. The molecule has 0 saturated carbocycles. The van der Waals surface area contributed by atoms with E-state index in [9.17, 15) is 9.18 Å². The van der Waals surface area contributed by atoms with E-state index in [2.05, 4.69) is 29.4 Å². The smallest absolute Gasteiger partial charge is 0.319 e. The number of anilines is 1. The number of benzene rings is 2. The van der Waals surface area contributed by atoms with E-state index in [1.165, 1.54) is 6.07 Å². The van der Waals surface area contributed by atoms with Gasteiger partial charge in [0.1, 0.15) is 18.2 Å². The number of para-hydroxylation sites is 2. The minimum atomic E-state index is -0.409. The van der Waals surface area contributed by atoms with Crippen molar-refractivity contribution in [3.8, 4) is 5.75 Å². The molecule has 0 aliphatic rings. The zero-order valence-electron chi connectivity index (χ0n) is 15.3. The number of halogens is 1. The molecule has 0 radical (unpaired) electrons. The fraction of sp³-hybridized carbons (Fsp3) is 0.350. The Morgan fingerprint density at radius 2 is 1.77 bits per heavy atom. The van der Waals surface area contributed by atoms with Crippen molar-refractivity contribution in [3.05, 3.63) is 59.9 Å². The summed E-state index contributed by atoms with van der Waals surface area (Å²) in [4.78, 5) is 14.4. The highest BCUT2D eigenvalue weighted by atomic mass is 19.1. The molecule has 0 heterocycles. The van der Waals surface area contributed by atoms with Crippen molar-refractivity contribution in [2.45, 2.75) is 20.4 Å². The first-order valence-corrected chi connectivity index (χ1v) is 8.86. The van der Waals surface area contributed by atoms with Crippen LogP contribution < -0.4 is 15.4 Å². The lowest BCUT2D eigenvalue weighted by Gasteiger charge is -2.19. The normalized spacial score (nSPS) is 10.6. The third-order valence-corrected chi connectivity index (χ3v) is 4.09. The van der Waals surface area contributed by atoms with Crippen molar-refractivity contribution in [2.75, 3.05) is 31.6 Å². The first kappa shape index (κ1) is 19.7. The summed E-state index contributed by atoms with van der Waals surface area (Å²) in [6.07, 6.45) is 0. The molecule has 0 atom stereocenters. The molecule has 5 nitrogen and oxygen atoms in total. The third kappa shape index (κ3) is 6.04. The first-order valence-electron chi connectivity index (χ1n) is 8.86. The predicted octanol–water partition coefficient (Wildman–Crippen LogP) is 3.87. The van der Waals surface area contributed by atoms with Gasteiger partial charge in [0.05, 0.1) is 5.69 Å². The summed E-state index contributed by atoms with van der Waals surface area (Å²) >= 11 is 0. The SMILES string of the molecule is CCN(CC)CCOc1ccccc1NC(=O)NCc1ccccc1F. The van der Waals surface area contributed by atoms with Crippen molar-refractivity contribution in [1.29, 1.82) is 0 Å². The number of urea groups is 1. The van der Waals surface area contributed by atoms with Crippen molar-refractivity contribution in [3.63, 3.8) is 0 Å². The van der Waals surface area contributed by atoms with Gasteiger partial charge in [-0.15, -0.1) is 0 Å². The summed E-state index contributed by atoms with van der Waals surface area (Å²) in [6, 6.07) is 13.2. The minimum absolute atomic E-state index is 0.115. The van der Waals surface area contributed by atoms with Crippen LogP contribution >= 0.6 is 0 Å². The van der Waals surface area contributed by atoms with E-state index in [1.807, 2.05) is 18.2 Å². The van der Waals surface area contributed by atoms with Gasteiger partial charge in [-0.1, -0.05) is 44.2 Å². The fourth-order valence-corrected chi connectivity index (χ4v) is 2.50. The van der Waals surface area contributed by atoms with Gasteiger partial charge in [0, 0.05) is 18.7 Å². The van der Waals surface area contributed by atoms with Gasteiger partial charge in [-0.25, -0.2) is 9.18 Å². The van der Waals surface area contributed by atoms with Crippen molar-refractivity contribution < 1.29 is 13.9 Å². The van der Waals surface area contributed by atoms with E-state index >= 15 is 0 Å². The Labute approximate surface area is 154 Å². The minimum Gasteiger partial charge on any atom is -0.490 e. The molecule has 2 aromatic carbocycles. The Morgan fingerprint density at radius 3 is 2.50 bits per heavy atom. The Morgan fingerprint density at radius 1 is 1.08 bits per heavy atom. The molecule has 0 aliphatic heterocycles. The molecular formula is C20H26FN3O2. The second-order valence-electron chi connectivity index (χ2n) is 5.77. The number of carbonyl (C=O) groups excluding carboxylic acids is 1. The number of ether oxygens (including phenoxy) is 1. The molecule has 0 aromatic heterocycles. The topological polar surface area (TPSA) is 53.6 Å². The Kier molecular flexibility index (Phi) is 7.89. The molecule has 2 N–H and O–H groups in total. The van der Waals surface area contributed by atoms with E-state index in [4.69, 9.17) is 4.74 Å². The van der Waals surface area contributed by atoms with Gasteiger partial charge in [0.25, 0.3) is 0 Å². The van der Waals surface area contributed by atoms with Crippen molar-refractivity contribution >= 4 is 11.7 Å². The molecule has 2 aromatic rings. The fourth-order valence-electron chi connectivity index (χ4n) is 2.50. The van der Waals surface area contributed by atoms with Gasteiger partial charge in [-0.3, -0.25) is 0 Å². The van der Waals surface area contributed by atoms with E-state index in [1.54, 1.807) is 24.3 Å². The van der Waals surface area contributed by atoms with Crippen LogP contribution in [0, 0.1) is 5.82 Å². The van der Waals surface area contributed by atoms with E-state index in [0.29, 0.717) is 23.6 Å². The van der Waals surface area contributed by atoms with Crippen LogP contribution in [0.3, 0.4) is 0 Å². The van der Waals surface area contributed by atoms with Crippen LogP contribution in [-0.4, -0.2) is 37.2 Å². The van der Waals surface area contributed by atoms with Crippen LogP contribution in [0.5, 0.6) is 5.75 Å². The molecule has 2 rings (SSSR count). The maximum absolute atomic E-state index is 13.6. The van der Waals surface area contributed by atoms with E-state index < -0.39 is 6.03 Å². The van der Waals surface area contributed by atoms with E-state index in [0.717, 1.165) is 19.6 Å². The van der Waals surface area contributed by atoms with Crippen molar-refractivity contribution in [2.24, 2.45) is 0 Å². The summed E-state index contributed by atoms with van der Waals surface area (Å²) in [5.74, 6) is 0.272. The number of likely N-dealkylation sites (N-methyl/N-ethyl adjacent to an activating group) is 1. The Bertz CT molecular complexity index is 705. The second-order valence-corrected chi connectivity index (χ2v) is 5.77. The van der Waals surface area contributed by atoms with Gasteiger partial charge in [-0.05, 0) is 31.3 Å². The van der Waals surface area contributed by atoms with Gasteiger partial charge < -0.3 is 20.3 Å². The Hall–Kier alpha value is -2.60. The zero-order valence-corrected chi connectivity index (χ0v) is 15.3. The second kappa shape index (κ2) is 10.4. The average molecular weight is 359 g/mol. The zero-order chi connectivity index (χ0) is 18.8. The molecule has 26 heavy (non-hydrogen) atoms. The van der Waals surface area contributed by atoms with Crippen LogP contribution in [-0.2, 0) is 6.54 Å². The molecule has 0 bridgehead atoms. The summed E-state index contributed by atoms with van der Waals surface area (Å²) < 4.78 is 19.4. The monoisotopic (exact) mass is 359 g/mol. The number of nitrogens with zero attached hydrogens (tertiary/aromatic N) is 1. The van der Waals surface area contributed by atoms with Crippen LogP contribution in [0.25, 0.3) is 0 Å². The summed E-state index contributed by atoms with van der Waals surface area (Å²) in [7, 11) is 0. The van der Waals surface area contributed by atoms with E-state index in [-0.39, 0.29) is 12.4 Å². The van der Waals surface area contributed by atoms with Crippen molar-refractivity contribution in [1.82, 2.24) is 10.2 Å². The number of carbonyl (C=O) groups is 1. The largest absolute Gasteiger partial charge is 0.490 e. The molecule has 0 unspecified atom stereocenters. The van der Waals surface area contributed by atoms with Gasteiger partial charge >= 0.3 is 6.03 Å². The summed E-state index contributed by atoms with van der Waals surface area (Å²) in [5, 5.41) is 5.41. The van der Waals surface area contributed by atoms with Crippen LogP contribution in [0.2, 0.25) is 0 Å². The molecule has 0 fully saturated rings. The number of nitrogens with one attached hydrogen (secondary N) is 2. The molecule has 0 spiro atoms. The summed E-state index contributed by atoms with van der Waals surface area (Å²) in [5.41, 5.74) is 1.02. The standard InChI is InChI=1S/C20H26FN3O2/c1-3-24(4-2)13-14-26-19-12-8-7-11-18(19)23-20(25)22-15-16-9-5-6-10-17(16)21/h5-12H,3-4,13-15H2,1-2H3,(H2,22,23,25). The molecular weight excluding hydrogens is 333 g/mol. The quantitative estimate of drug-likeness (QED) is 0.715. The lowest BCUT2D eigenvalue weighted by molar-refractivity contribution is 0.223. The highest BCUT2D eigenvalue weighted by molar-refractivity contribution is 5.90. The lowest BCUT2D eigenvalue weighted by atomic mass is 10.2. The maximum Gasteiger partial charge on any atom is 0.319 e. The summed E-state index contributed by atoms with van der Waals surface area (Å²) in [6.45, 7) is 7.63. The van der Waals surface area contributed by atoms with Crippen LogP contribution in [0.15, 0.2) is 48.5 Å². The highest BCUT2D eigenvalue weighted by Gasteiger charge is 2.09. The number of hydrogen-bond donors (Lipinski definition) is 2. The molecule has 140 valence electrons.